The van der Waals surface area contributed by atoms with Crippen LogP contribution in [0.1, 0.15) is 150 Å². The van der Waals surface area contributed by atoms with Crippen molar-refractivity contribution in [2.45, 2.75) is 212 Å². The number of aromatic amines is 2. The van der Waals surface area contributed by atoms with Gasteiger partial charge in [-0.3, -0.25) is 91.5 Å². The molecule has 18 atom stereocenters. The molecule has 5 unspecified atom stereocenters. The van der Waals surface area contributed by atoms with E-state index in [-0.39, 0.29) is 183 Å². The molecule has 1 aliphatic heterocycles. The van der Waals surface area contributed by atoms with Gasteiger partial charge in [0.2, 0.25) is 70.9 Å². The molecule has 3 heterocycles. The number of imidazole rings is 1. The van der Waals surface area contributed by atoms with Crippen LogP contribution in [0.3, 0.4) is 0 Å². The average Bonchev–Trinajstić information content (AvgIpc) is 1.57. The van der Waals surface area contributed by atoms with E-state index in [0.717, 1.165) is 23.7 Å². The van der Waals surface area contributed by atoms with E-state index in [1.807, 2.05) is 45.2 Å². The maximum absolute atomic E-state index is 14.7. The Labute approximate surface area is 733 Å². The van der Waals surface area contributed by atoms with Crippen molar-refractivity contribution in [1.29, 1.82) is 0 Å². The second kappa shape index (κ2) is 47.1. The van der Waals surface area contributed by atoms with Crippen LogP contribution < -0.4 is 64.6 Å². The Bertz CT molecular complexity index is 4200. The molecule has 12 amide bonds. The summed E-state index contributed by atoms with van der Waals surface area (Å²) in [5, 5.41) is 81.6. The summed E-state index contributed by atoms with van der Waals surface area (Å²) < 4.78 is 0. The number of hydrogen-bond acceptors (Lipinski definition) is 23. The number of aliphatic hydroxyl groups is 2. The minimum absolute atomic E-state index is 0.00739. The lowest BCUT2D eigenvalue weighted by Gasteiger charge is -2.63. The summed E-state index contributed by atoms with van der Waals surface area (Å²) in [4.78, 5) is 217. The highest BCUT2D eigenvalue weighted by molar-refractivity contribution is 7.98. The molecule has 3 aromatic rings. The van der Waals surface area contributed by atoms with Gasteiger partial charge in [-0.05, 0) is 159 Å². The fourth-order valence-corrected chi connectivity index (χ4v) is 19.9. The Morgan fingerprint density at radius 1 is 0.568 bits per heavy atom. The quantitative estimate of drug-likeness (QED) is 0.0306. The van der Waals surface area contributed by atoms with Crippen molar-refractivity contribution in [3.05, 3.63) is 54.2 Å². The van der Waals surface area contributed by atoms with E-state index in [9.17, 15) is 97.5 Å². The number of benzene rings is 1. The van der Waals surface area contributed by atoms with Crippen molar-refractivity contribution in [2.24, 2.45) is 69.6 Å². The molecule has 2 aromatic heterocycles. The summed E-state index contributed by atoms with van der Waals surface area (Å²) in [6.45, 7) is 14.3. The van der Waals surface area contributed by atoms with E-state index in [0.29, 0.717) is 55.5 Å². The van der Waals surface area contributed by atoms with Gasteiger partial charge in [-0.1, -0.05) is 66.7 Å². The van der Waals surface area contributed by atoms with Crippen molar-refractivity contribution in [3.63, 3.8) is 0 Å². The molecule has 0 bridgehead atoms. The van der Waals surface area contributed by atoms with Crippen LogP contribution in [0.2, 0.25) is 0 Å². The maximum Gasteiger partial charge on any atom is 0.317 e. The first kappa shape index (κ1) is 101. The van der Waals surface area contributed by atoms with Crippen LogP contribution in [-0.2, 0) is 84.8 Å². The third-order valence-corrected chi connectivity index (χ3v) is 26.9. The topological polar surface area (TPSA) is 587 Å². The number of carbonyl (C=O) groups excluding carboxylic acids is 12. The van der Waals surface area contributed by atoms with Crippen LogP contribution in [0.25, 0.3) is 10.9 Å². The van der Waals surface area contributed by atoms with Gasteiger partial charge >= 0.3 is 17.9 Å². The van der Waals surface area contributed by atoms with Crippen molar-refractivity contribution in [1.82, 2.24) is 87.7 Å². The second-order valence-electron chi connectivity index (χ2n) is 36.0. The molecular weight excluding hydrogens is 1640 g/mol. The highest BCUT2D eigenvalue weighted by Gasteiger charge is 2.66. The number of para-hydroxylation sites is 1. The minimum Gasteiger partial charge on any atom is -0.480 e. The normalized spacial score (nSPS) is 24.6. The number of thioether (sulfide) groups is 1. The number of primary amides is 2. The number of H-pyrrole nitrogens is 2. The predicted molar refractivity (Wildman–Crippen MR) is 461 cm³/mol. The molecule has 0 radical (unpaired) electrons. The van der Waals surface area contributed by atoms with Crippen LogP contribution in [0.5, 0.6) is 0 Å². The molecule has 8 rings (SSSR count). The smallest absolute Gasteiger partial charge is 0.317 e. The van der Waals surface area contributed by atoms with Gasteiger partial charge in [0, 0.05) is 107 Å². The molecule has 5 aliphatic rings. The highest BCUT2D eigenvalue weighted by Crippen LogP contribution is 2.68. The molecule has 39 nitrogen and oxygen atoms in total. The maximum atomic E-state index is 14.7. The van der Waals surface area contributed by atoms with E-state index in [2.05, 4.69) is 82.0 Å². The first-order valence-electron chi connectivity index (χ1n) is 43.6. The van der Waals surface area contributed by atoms with E-state index in [1.54, 1.807) is 45.7 Å². The Morgan fingerprint density at radius 3 is 1.72 bits per heavy atom. The van der Waals surface area contributed by atoms with Gasteiger partial charge in [0.25, 0.3) is 0 Å². The highest BCUT2D eigenvalue weighted by atomic mass is 32.2. The number of carboxylic acid groups (broad SMARTS) is 3. The first-order chi connectivity index (χ1) is 59.1. The van der Waals surface area contributed by atoms with Gasteiger partial charge in [-0.15, -0.1) is 0 Å². The van der Waals surface area contributed by atoms with E-state index in [1.165, 1.54) is 31.2 Å². The van der Waals surface area contributed by atoms with Crippen molar-refractivity contribution < 1.29 is 97.5 Å². The van der Waals surface area contributed by atoms with Crippen molar-refractivity contribution >= 4 is 111 Å². The number of nitrogens with one attached hydrogen (secondary N) is 12. The summed E-state index contributed by atoms with van der Waals surface area (Å²) in [6.07, 6.45) is 9.03. The van der Waals surface area contributed by atoms with E-state index in [4.69, 9.17) is 11.5 Å². The lowest BCUT2D eigenvalue weighted by molar-refractivity contribution is -0.202. The predicted octanol–water partition coefficient (Wildman–Crippen LogP) is -1.49. The summed E-state index contributed by atoms with van der Waals surface area (Å²) >= 11 is 1.46. The first-order valence-corrected chi connectivity index (χ1v) is 45.0. The molecule has 40 heteroatoms. The second-order valence-corrected chi connectivity index (χ2v) is 36.9. The Morgan fingerprint density at radius 2 is 1.14 bits per heavy atom. The molecule has 21 N–H and O–H groups in total. The van der Waals surface area contributed by atoms with Crippen molar-refractivity contribution in [2.75, 3.05) is 104 Å². The number of rotatable bonds is 44. The van der Waals surface area contributed by atoms with E-state index >= 15 is 0 Å². The third kappa shape index (κ3) is 29.1. The zero-order valence-electron chi connectivity index (χ0n) is 73.3. The van der Waals surface area contributed by atoms with Gasteiger partial charge in [0.1, 0.15) is 42.3 Å². The van der Waals surface area contributed by atoms with Gasteiger partial charge < -0.3 is 100 Å². The Balaban J connectivity index is 0.844. The Kier molecular flexibility index (Phi) is 37.9. The van der Waals surface area contributed by atoms with Crippen LogP contribution in [0, 0.1) is 58.2 Å². The van der Waals surface area contributed by atoms with Gasteiger partial charge in [-0.25, -0.2) is 4.98 Å². The number of aromatic nitrogens is 3. The fraction of sp³-hybridized carbons (Fsp3) is 0.694. The summed E-state index contributed by atoms with van der Waals surface area (Å²) in [6, 6.07) is -1.94. The number of hydrogen-bond donors (Lipinski definition) is 19. The molecule has 0 spiro atoms. The van der Waals surface area contributed by atoms with Gasteiger partial charge in [0.15, 0.2) is 0 Å². The van der Waals surface area contributed by atoms with Crippen LogP contribution in [0.15, 0.2) is 43.0 Å². The largest absolute Gasteiger partial charge is 0.480 e. The fourth-order valence-electron chi connectivity index (χ4n) is 19.5. The SMILES string of the molecule is CSCC[C@H](NC(=O)[C@H](CC(C)C)NC(=O)[C@H](Cc1c[nH]cn1)NC(=O)CNC(=O)[C@@H](NC(=O)[C@H](C)NC(=O)[C@H](Cc1c[nH]c2ccccc12)NC(=O)[C@H](CCC(N)=O)NC(=O)CC[C@@H](C)[C@H]1CCC2C3C(O)CC4C[C@@H](NC(=O)CNC(=O)CN5CCN(CC(=O)O)CCN(CC(=O)O)CCN(CC(=O)O)CC5)CC[C@]4(C)C3C[C@H](O)[C@@]21C)C(C)C)C(N)=O. The number of fused-ring (bicyclic) bond motifs is 6. The summed E-state index contributed by atoms with van der Waals surface area (Å²) in [5.41, 5.74) is 12.0. The number of carbonyl (C=O) groups is 15. The average molecular weight is 1770 g/mol. The monoisotopic (exact) mass is 1770 g/mol. The third-order valence-electron chi connectivity index (χ3n) is 26.3. The standard InChI is InChI=1S/C85H133N19O20S/c1-47(2)32-62(81(122)97-60(77(87)118)21-31-125-9)98-82(123)64(36-54-39-88-46-92-54)96-70(110)41-91-83(124)76(48(3)4)100-78(119)50(6)93-80(121)63(33-51-38-89-59-13-11-10-12-55(51)59)99-79(120)61(17-18-67(86)107)95-68(108)19-14-49(5)56-15-16-57-75-58(37-66(106)85(56,57)8)84(7)22-20-53(34-52(84)35-65(75)105)94-69(109)40-90-71(111)42-101-23-25-102(43-72(112)113)27-29-104(45-74(116)117)30-28-103(26-24-101)44-73(114)115/h10-13,38-39,46-50,52-53,56-58,60-66,75-76,89,105-106H,14-37,40-45H2,1-9H3,(H2,86,107)(H2,87,118)(H,88,92)(H,90,111)(H,91,124)(H,93,121)(H,94,109)(H,95,108)(H,96,110)(H,97,122)(H,98,123)(H,99,120)(H,100,119)(H,112,113)(H,114,115)(H,116,117)/t49-,50+,52?,53+,56-,57?,58?,60+,61+,62+,63+,64+,65?,66+,75?,76+,84+,85-/m1/s1. The molecular formula is C85H133N19O20S. The molecule has 694 valence electrons. The number of amides is 12. The van der Waals surface area contributed by atoms with Crippen LogP contribution in [-0.4, -0.2) is 313 Å². The zero-order valence-corrected chi connectivity index (χ0v) is 74.1. The molecule has 125 heavy (non-hydrogen) atoms. The molecule has 4 saturated carbocycles. The van der Waals surface area contributed by atoms with Crippen LogP contribution in [0.4, 0.5) is 0 Å². The molecule has 4 aliphatic carbocycles. The van der Waals surface area contributed by atoms with E-state index < -0.39 is 161 Å². The van der Waals surface area contributed by atoms with Crippen LogP contribution >= 0.6 is 11.8 Å². The molecule has 5 fully saturated rings. The summed E-state index contributed by atoms with van der Waals surface area (Å²) in [7, 11) is 0. The number of aliphatic carboxylic acids is 3. The summed E-state index contributed by atoms with van der Waals surface area (Å²) in [5.74, 6) is -12.3. The lowest BCUT2D eigenvalue weighted by Crippen LogP contribution is -2.63. The van der Waals surface area contributed by atoms with Crippen molar-refractivity contribution in [3.8, 4) is 0 Å². The zero-order chi connectivity index (χ0) is 91.7. The number of nitrogens with two attached hydrogens (primary N) is 2. The number of nitrogens with zero attached hydrogens (tertiary/aromatic N) is 5. The molecule has 1 aromatic carbocycles. The van der Waals surface area contributed by atoms with Gasteiger partial charge in [-0.2, -0.15) is 11.8 Å². The Hall–Kier alpha value is -9.87. The number of carboxylic acids is 3. The lowest BCUT2D eigenvalue weighted by atomic mass is 9.43. The molecule has 1 saturated heterocycles. The van der Waals surface area contributed by atoms with Gasteiger partial charge in [0.05, 0.1) is 63.5 Å². The minimum atomic E-state index is -1.42. The number of aliphatic hydroxyl groups excluding tert-OH is 2.